The maximum absolute atomic E-state index is 5.52. The fourth-order valence-electron chi connectivity index (χ4n) is 2.59. The average Bonchev–Trinajstić information content (AvgIpc) is 2.97. The number of hydrogen-bond acceptors (Lipinski definition) is 4. The Morgan fingerprint density at radius 2 is 1.86 bits per heavy atom. The SMILES string of the molecule is CCCn1nccc1C(NC)c1c(OC)cccc1OC. The Balaban J connectivity index is 2.53. The molecule has 1 heterocycles. The van der Waals surface area contributed by atoms with Gasteiger partial charge in [0, 0.05) is 12.7 Å². The van der Waals surface area contributed by atoms with Crippen molar-refractivity contribution in [3.05, 3.63) is 41.7 Å². The van der Waals surface area contributed by atoms with Crippen molar-refractivity contribution >= 4 is 0 Å². The van der Waals surface area contributed by atoms with Gasteiger partial charge in [-0.1, -0.05) is 13.0 Å². The summed E-state index contributed by atoms with van der Waals surface area (Å²) in [5.41, 5.74) is 2.09. The maximum Gasteiger partial charge on any atom is 0.127 e. The second kappa shape index (κ2) is 7.13. The molecule has 0 saturated carbocycles. The first-order chi connectivity index (χ1) is 10.3. The Bertz CT molecular complexity index is 558. The minimum absolute atomic E-state index is 0.0369. The molecule has 0 amide bonds. The standard InChI is InChI=1S/C16H23N3O2/c1-5-11-19-12(9-10-18-19)16(17-2)15-13(20-3)7-6-8-14(15)21-4/h6-10,16-17H,5,11H2,1-4H3. The Hall–Kier alpha value is -2.01. The molecular formula is C16H23N3O2. The molecule has 21 heavy (non-hydrogen) atoms. The van der Waals surface area contributed by atoms with Crippen LogP contribution in [0.15, 0.2) is 30.5 Å². The molecule has 5 heteroatoms. The fraction of sp³-hybridized carbons (Fsp3) is 0.438. The molecule has 0 fully saturated rings. The number of rotatable bonds is 7. The van der Waals surface area contributed by atoms with Gasteiger partial charge in [0.2, 0.25) is 0 Å². The lowest BCUT2D eigenvalue weighted by atomic mass is 10.0. The van der Waals surface area contributed by atoms with Crippen LogP contribution in [0.5, 0.6) is 11.5 Å². The summed E-state index contributed by atoms with van der Waals surface area (Å²) < 4.78 is 13.1. The van der Waals surface area contributed by atoms with Crippen LogP contribution < -0.4 is 14.8 Å². The minimum atomic E-state index is -0.0369. The molecule has 1 N–H and O–H groups in total. The van der Waals surface area contributed by atoms with Gasteiger partial charge >= 0.3 is 0 Å². The average molecular weight is 289 g/mol. The number of hydrogen-bond donors (Lipinski definition) is 1. The van der Waals surface area contributed by atoms with Crippen molar-refractivity contribution in [3.63, 3.8) is 0 Å². The lowest BCUT2D eigenvalue weighted by Crippen LogP contribution is -2.23. The Morgan fingerprint density at radius 1 is 1.19 bits per heavy atom. The van der Waals surface area contributed by atoms with Crippen molar-refractivity contribution in [2.75, 3.05) is 21.3 Å². The summed E-state index contributed by atoms with van der Waals surface area (Å²) in [6, 6.07) is 7.82. The lowest BCUT2D eigenvalue weighted by molar-refractivity contribution is 0.376. The van der Waals surface area contributed by atoms with E-state index in [1.54, 1.807) is 14.2 Å². The minimum Gasteiger partial charge on any atom is -0.496 e. The van der Waals surface area contributed by atoms with Crippen LogP contribution in [0.1, 0.15) is 30.6 Å². The first-order valence-corrected chi connectivity index (χ1v) is 7.16. The van der Waals surface area contributed by atoms with Crippen molar-refractivity contribution in [1.82, 2.24) is 15.1 Å². The molecule has 1 aromatic carbocycles. The van der Waals surface area contributed by atoms with Gasteiger partial charge in [0.1, 0.15) is 11.5 Å². The summed E-state index contributed by atoms with van der Waals surface area (Å²) in [6.45, 7) is 3.03. The monoisotopic (exact) mass is 289 g/mol. The number of nitrogens with zero attached hydrogens (tertiary/aromatic N) is 2. The predicted molar refractivity (Wildman–Crippen MR) is 83.0 cm³/mol. The van der Waals surface area contributed by atoms with E-state index >= 15 is 0 Å². The van der Waals surface area contributed by atoms with Crippen LogP contribution in [0.4, 0.5) is 0 Å². The molecule has 0 bridgehead atoms. The van der Waals surface area contributed by atoms with E-state index in [1.807, 2.05) is 42.2 Å². The number of ether oxygens (including phenoxy) is 2. The van der Waals surface area contributed by atoms with Gasteiger partial charge in [0.15, 0.2) is 0 Å². The summed E-state index contributed by atoms with van der Waals surface area (Å²) in [4.78, 5) is 0. The third kappa shape index (κ3) is 3.03. The van der Waals surface area contributed by atoms with Gasteiger partial charge in [-0.2, -0.15) is 5.10 Å². The second-order valence-corrected chi connectivity index (χ2v) is 4.78. The van der Waals surface area contributed by atoms with Crippen LogP contribution in [-0.2, 0) is 6.54 Å². The molecule has 114 valence electrons. The highest BCUT2D eigenvalue weighted by molar-refractivity contribution is 5.49. The van der Waals surface area contributed by atoms with Gasteiger partial charge in [0.05, 0.1) is 31.5 Å². The van der Waals surface area contributed by atoms with E-state index in [0.29, 0.717) is 0 Å². The smallest absolute Gasteiger partial charge is 0.127 e. The third-order valence-corrected chi connectivity index (χ3v) is 3.52. The quantitative estimate of drug-likeness (QED) is 0.851. The third-order valence-electron chi connectivity index (χ3n) is 3.52. The topological polar surface area (TPSA) is 48.3 Å². The van der Waals surface area contributed by atoms with Crippen LogP contribution in [0.3, 0.4) is 0 Å². The van der Waals surface area contributed by atoms with Crippen LogP contribution in [-0.4, -0.2) is 31.0 Å². The maximum atomic E-state index is 5.52. The summed E-state index contributed by atoms with van der Waals surface area (Å²) >= 11 is 0. The van der Waals surface area contributed by atoms with Gasteiger partial charge in [-0.15, -0.1) is 0 Å². The molecule has 0 aliphatic rings. The normalized spacial score (nSPS) is 12.2. The molecule has 0 aliphatic carbocycles. The van der Waals surface area contributed by atoms with E-state index in [9.17, 15) is 0 Å². The van der Waals surface area contributed by atoms with Gasteiger partial charge in [-0.3, -0.25) is 4.68 Å². The molecule has 1 aromatic heterocycles. The van der Waals surface area contributed by atoms with Gasteiger partial charge < -0.3 is 14.8 Å². The van der Waals surface area contributed by atoms with E-state index in [4.69, 9.17) is 9.47 Å². The van der Waals surface area contributed by atoms with E-state index in [-0.39, 0.29) is 6.04 Å². The number of benzene rings is 1. The van der Waals surface area contributed by atoms with Crippen LogP contribution in [0.2, 0.25) is 0 Å². The highest BCUT2D eigenvalue weighted by Gasteiger charge is 2.24. The summed E-state index contributed by atoms with van der Waals surface area (Å²) in [5, 5.41) is 7.75. The van der Waals surface area contributed by atoms with Gasteiger partial charge in [0.25, 0.3) is 0 Å². The van der Waals surface area contributed by atoms with Crippen molar-refractivity contribution in [2.24, 2.45) is 0 Å². The summed E-state index contributed by atoms with van der Waals surface area (Å²) in [7, 11) is 5.28. The molecule has 0 aliphatic heterocycles. The Labute approximate surface area is 125 Å². The molecule has 0 spiro atoms. The Morgan fingerprint density at radius 3 is 2.38 bits per heavy atom. The van der Waals surface area contributed by atoms with Gasteiger partial charge in [-0.25, -0.2) is 0 Å². The number of aromatic nitrogens is 2. The molecule has 2 aromatic rings. The van der Waals surface area contributed by atoms with E-state index in [0.717, 1.165) is 35.7 Å². The van der Waals surface area contributed by atoms with Crippen molar-refractivity contribution in [1.29, 1.82) is 0 Å². The highest BCUT2D eigenvalue weighted by atomic mass is 16.5. The fourth-order valence-corrected chi connectivity index (χ4v) is 2.59. The van der Waals surface area contributed by atoms with E-state index in [1.165, 1.54) is 0 Å². The zero-order valence-corrected chi connectivity index (χ0v) is 13.1. The molecule has 0 radical (unpaired) electrons. The number of methoxy groups -OCH3 is 2. The van der Waals surface area contributed by atoms with Crippen LogP contribution in [0.25, 0.3) is 0 Å². The van der Waals surface area contributed by atoms with Crippen molar-refractivity contribution in [3.8, 4) is 11.5 Å². The first kappa shape index (κ1) is 15.4. The van der Waals surface area contributed by atoms with Crippen LogP contribution in [0, 0.1) is 0 Å². The predicted octanol–water partition coefficient (Wildman–Crippen LogP) is 2.62. The zero-order chi connectivity index (χ0) is 15.2. The second-order valence-electron chi connectivity index (χ2n) is 4.78. The zero-order valence-electron chi connectivity index (χ0n) is 13.1. The highest BCUT2D eigenvalue weighted by Crippen LogP contribution is 2.37. The molecule has 1 atom stereocenters. The molecule has 0 saturated heterocycles. The van der Waals surface area contributed by atoms with Crippen LogP contribution >= 0.6 is 0 Å². The molecular weight excluding hydrogens is 266 g/mol. The van der Waals surface area contributed by atoms with E-state index < -0.39 is 0 Å². The molecule has 5 nitrogen and oxygen atoms in total. The van der Waals surface area contributed by atoms with Gasteiger partial charge in [-0.05, 0) is 31.7 Å². The first-order valence-electron chi connectivity index (χ1n) is 7.16. The summed E-state index contributed by atoms with van der Waals surface area (Å²) in [6.07, 6.45) is 2.87. The van der Waals surface area contributed by atoms with E-state index in [2.05, 4.69) is 17.3 Å². The number of nitrogens with one attached hydrogen (secondary N) is 1. The lowest BCUT2D eigenvalue weighted by Gasteiger charge is -2.22. The number of aryl methyl sites for hydroxylation is 1. The Kier molecular flexibility index (Phi) is 5.22. The van der Waals surface area contributed by atoms with Crippen molar-refractivity contribution < 1.29 is 9.47 Å². The van der Waals surface area contributed by atoms with Crippen molar-refractivity contribution in [2.45, 2.75) is 25.9 Å². The summed E-state index contributed by atoms with van der Waals surface area (Å²) in [5.74, 6) is 1.61. The largest absolute Gasteiger partial charge is 0.496 e. The molecule has 2 rings (SSSR count). The molecule has 1 unspecified atom stereocenters.